The van der Waals surface area contributed by atoms with Crippen molar-refractivity contribution < 1.29 is 23.8 Å². The van der Waals surface area contributed by atoms with Crippen molar-refractivity contribution in [3.05, 3.63) is 18.2 Å². The number of anilines is 1. The van der Waals surface area contributed by atoms with Gasteiger partial charge in [0.15, 0.2) is 11.5 Å². The molecule has 1 aromatic carbocycles. The molecule has 8 heteroatoms. The highest BCUT2D eigenvalue weighted by Gasteiger charge is 2.34. The number of carbonyl (C=O) groups is 2. The van der Waals surface area contributed by atoms with Crippen LogP contribution in [-0.4, -0.2) is 67.9 Å². The molecule has 8 nitrogen and oxygen atoms in total. The van der Waals surface area contributed by atoms with Crippen LogP contribution in [0.4, 0.5) is 10.5 Å². The van der Waals surface area contributed by atoms with Gasteiger partial charge in [-0.2, -0.15) is 0 Å². The lowest BCUT2D eigenvalue weighted by Gasteiger charge is -2.35. The Morgan fingerprint density at radius 1 is 1.07 bits per heavy atom. The predicted octanol–water partition coefficient (Wildman–Crippen LogP) is 1.38. The SMILES string of the molecule is C[C@@H]1CN(C(=O)N[C@@H]2CC(=O)N(c3ccc4c(c3)OCCO4)C2)C[C@@H](C)O1. The van der Waals surface area contributed by atoms with Crippen LogP contribution >= 0.6 is 0 Å². The van der Waals surface area contributed by atoms with Gasteiger partial charge in [0.2, 0.25) is 5.91 Å². The van der Waals surface area contributed by atoms with Crippen molar-refractivity contribution in [2.24, 2.45) is 0 Å². The van der Waals surface area contributed by atoms with Gasteiger partial charge in [-0.25, -0.2) is 4.79 Å². The fourth-order valence-electron chi connectivity index (χ4n) is 3.86. The molecule has 1 N–H and O–H groups in total. The van der Waals surface area contributed by atoms with Crippen LogP contribution in [-0.2, 0) is 9.53 Å². The molecule has 0 saturated carbocycles. The molecule has 0 bridgehead atoms. The molecule has 146 valence electrons. The maximum Gasteiger partial charge on any atom is 0.317 e. The molecule has 3 atom stereocenters. The monoisotopic (exact) mass is 375 g/mol. The minimum absolute atomic E-state index is 0.0129. The molecule has 3 aliphatic heterocycles. The summed E-state index contributed by atoms with van der Waals surface area (Å²) >= 11 is 0. The number of nitrogens with one attached hydrogen (secondary N) is 1. The summed E-state index contributed by atoms with van der Waals surface area (Å²) in [6.07, 6.45) is 0.313. The summed E-state index contributed by atoms with van der Waals surface area (Å²) in [6.45, 7) is 6.50. The van der Waals surface area contributed by atoms with Gasteiger partial charge in [0.1, 0.15) is 13.2 Å². The van der Waals surface area contributed by atoms with E-state index in [-0.39, 0.29) is 36.6 Å². The number of fused-ring (bicyclic) bond motifs is 1. The van der Waals surface area contributed by atoms with Crippen LogP contribution < -0.4 is 19.7 Å². The summed E-state index contributed by atoms with van der Waals surface area (Å²) in [6, 6.07) is 5.13. The van der Waals surface area contributed by atoms with Crippen molar-refractivity contribution in [2.45, 2.75) is 38.5 Å². The topological polar surface area (TPSA) is 80.3 Å². The van der Waals surface area contributed by atoms with Crippen LogP contribution in [0, 0.1) is 0 Å². The smallest absolute Gasteiger partial charge is 0.317 e. The Morgan fingerprint density at radius 2 is 1.78 bits per heavy atom. The second kappa shape index (κ2) is 7.26. The van der Waals surface area contributed by atoms with E-state index in [1.165, 1.54) is 0 Å². The molecule has 0 aliphatic carbocycles. The Hall–Kier alpha value is -2.48. The maximum atomic E-state index is 12.6. The summed E-state index contributed by atoms with van der Waals surface area (Å²) in [5.74, 6) is 1.33. The third-order valence-electron chi connectivity index (χ3n) is 5.00. The first-order valence-corrected chi connectivity index (χ1v) is 9.40. The summed E-state index contributed by atoms with van der Waals surface area (Å²) in [7, 11) is 0. The van der Waals surface area contributed by atoms with Gasteiger partial charge in [-0.15, -0.1) is 0 Å². The van der Waals surface area contributed by atoms with Gasteiger partial charge in [0, 0.05) is 37.8 Å². The van der Waals surface area contributed by atoms with Crippen molar-refractivity contribution in [1.29, 1.82) is 0 Å². The van der Waals surface area contributed by atoms with Crippen LogP contribution in [0.2, 0.25) is 0 Å². The predicted molar refractivity (Wildman–Crippen MR) is 98.3 cm³/mol. The number of carbonyl (C=O) groups excluding carboxylic acids is 2. The summed E-state index contributed by atoms with van der Waals surface area (Å²) in [5, 5.41) is 3.00. The molecular weight excluding hydrogens is 350 g/mol. The lowest BCUT2D eigenvalue weighted by atomic mass is 10.2. The number of benzene rings is 1. The third kappa shape index (κ3) is 3.80. The Kier molecular flexibility index (Phi) is 4.82. The molecule has 1 aromatic rings. The average molecular weight is 375 g/mol. The van der Waals surface area contributed by atoms with Gasteiger partial charge in [-0.05, 0) is 26.0 Å². The number of morpholine rings is 1. The van der Waals surface area contributed by atoms with Crippen molar-refractivity contribution in [2.75, 3.05) is 37.7 Å². The van der Waals surface area contributed by atoms with Crippen LogP contribution in [0.5, 0.6) is 11.5 Å². The van der Waals surface area contributed by atoms with E-state index in [2.05, 4.69) is 5.32 Å². The molecule has 27 heavy (non-hydrogen) atoms. The molecule has 3 amide bonds. The Morgan fingerprint density at radius 3 is 2.52 bits per heavy atom. The number of rotatable bonds is 2. The highest BCUT2D eigenvalue weighted by atomic mass is 16.6. The number of ether oxygens (including phenoxy) is 3. The minimum atomic E-state index is -0.216. The van der Waals surface area contributed by atoms with Crippen molar-refractivity contribution in [3.8, 4) is 11.5 Å². The molecule has 2 saturated heterocycles. The van der Waals surface area contributed by atoms with Gasteiger partial charge in [-0.3, -0.25) is 4.79 Å². The zero-order valence-electron chi connectivity index (χ0n) is 15.6. The maximum absolute atomic E-state index is 12.6. The highest BCUT2D eigenvalue weighted by Crippen LogP contribution is 2.35. The first-order valence-electron chi connectivity index (χ1n) is 9.40. The number of nitrogens with zero attached hydrogens (tertiary/aromatic N) is 2. The second-order valence-electron chi connectivity index (χ2n) is 7.35. The van der Waals surface area contributed by atoms with Gasteiger partial charge < -0.3 is 29.3 Å². The standard InChI is InChI=1S/C19H25N3O5/c1-12-9-21(10-13(2)27-12)19(24)20-14-7-18(23)22(11-14)15-3-4-16-17(8-15)26-6-5-25-16/h3-4,8,12-14H,5-7,9-11H2,1-2H3,(H,20,24)/t12-,13-,14-/m1/s1. The molecule has 0 aromatic heterocycles. The number of hydrogen-bond acceptors (Lipinski definition) is 5. The normalized spacial score (nSPS) is 27.6. The minimum Gasteiger partial charge on any atom is -0.486 e. The number of urea groups is 1. The van der Waals surface area contributed by atoms with E-state index in [1.54, 1.807) is 9.80 Å². The molecule has 3 aliphatic rings. The van der Waals surface area contributed by atoms with E-state index >= 15 is 0 Å². The van der Waals surface area contributed by atoms with E-state index in [9.17, 15) is 9.59 Å². The van der Waals surface area contributed by atoms with E-state index < -0.39 is 0 Å². The molecule has 0 radical (unpaired) electrons. The summed E-state index contributed by atoms with van der Waals surface area (Å²) in [4.78, 5) is 28.5. The molecular formula is C19H25N3O5. The van der Waals surface area contributed by atoms with Crippen molar-refractivity contribution >= 4 is 17.6 Å². The lowest BCUT2D eigenvalue weighted by molar-refractivity contribution is -0.117. The number of amides is 3. The summed E-state index contributed by atoms with van der Waals surface area (Å²) < 4.78 is 16.8. The first kappa shape index (κ1) is 17.9. The Balaban J connectivity index is 1.40. The van der Waals surface area contributed by atoms with E-state index in [1.807, 2.05) is 32.0 Å². The first-order chi connectivity index (χ1) is 13.0. The van der Waals surface area contributed by atoms with Crippen molar-refractivity contribution in [1.82, 2.24) is 10.2 Å². The highest BCUT2D eigenvalue weighted by molar-refractivity contribution is 5.97. The zero-order valence-corrected chi connectivity index (χ0v) is 15.6. The molecule has 0 unspecified atom stereocenters. The van der Waals surface area contributed by atoms with E-state index in [0.29, 0.717) is 44.3 Å². The average Bonchev–Trinajstić information content (AvgIpc) is 3.00. The number of hydrogen-bond donors (Lipinski definition) is 1. The van der Waals surface area contributed by atoms with Crippen LogP contribution in [0.1, 0.15) is 20.3 Å². The fraction of sp³-hybridized carbons (Fsp3) is 0.579. The Labute approximate surface area is 158 Å². The molecule has 0 spiro atoms. The van der Waals surface area contributed by atoms with Crippen LogP contribution in [0.3, 0.4) is 0 Å². The van der Waals surface area contributed by atoms with Crippen LogP contribution in [0.25, 0.3) is 0 Å². The van der Waals surface area contributed by atoms with Gasteiger partial charge in [-0.1, -0.05) is 0 Å². The quantitative estimate of drug-likeness (QED) is 0.845. The third-order valence-corrected chi connectivity index (χ3v) is 5.00. The molecule has 2 fully saturated rings. The largest absolute Gasteiger partial charge is 0.486 e. The second-order valence-corrected chi connectivity index (χ2v) is 7.35. The Bertz CT molecular complexity index is 730. The van der Waals surface area contributed by atoms with Crippen LogP contribution in [0.15, 0.2) is 18.2 Å². The zero-order chi connectivity index (χ0) is 19.0. The summed E-state index contributed by atoms with van der Waals surface area (Å²) in [5.41, 5.74) is 0.759. The molecule has 3 heterocycles. The van der Waals surface area contributed by atoms with Gasteiger partial charge >= 0.3 is 6.03 Å². The van der Waals surface area contributed by atoms with Crippen molar-refractivity contribution in [3.63, 3.8) is 0 Å². The fourth-order valence-corrected chi connectivity index (χ4v) is 3.86. The van der Waals surface area contributed by atoms with Gasteiger partial charge in [0.25, 0.3) is 0 Å². The molecule has 4 rings (SSSR count). The van der Waals surface area contributed by atoms with E-state index in [0.717, 1.165) is 5.69 Å². The van der Waals surface area contributed by atoms with Gasteiger partial charge in [0.05, 0.1) is 18.2 Å². The lowest BCUT2D eigenvalue weighted by Crippen LogP contribution is -2.53. The van der Waals surface area contributed by atoms with E-state index in [4.69, 9.17) is 14.2 Å².